The first-order valence-corrected chi connectivity index (χ1v) is 5.40. The molecule has 0 aliphatic rings. The van der Waals surface area contributed by atoms with Crippen molar-refractivity contribution in [3.8, 4) is 5.75 Å². The van der Waals surface area contributed by atoms with Crippen LogP contribution in [0.15, 0.2) is 30.3 Å². The fraction of sp³-hybridized carbons (Fsp3) is 0.286. The molecule has 2 aromatic carbocycles. The van der Waals surface area contributed by atoms with Crippen LogP contribution in [0.5, 0.6) is 5.75 Å². The molecular weight excluding hydrogens is 207 g/mol. The van der Waals surface area contributed by atoms with E-state index in [9.17, 15) is 0 Å². The third kappa shape index (κ3) is 3.04. The summed E-state index contributed by atoms with van der Waals surface area (Å²) in [4.78, 5) is 0. The summed E-state index contributed by atoms with van der Waals surface area (Å²) in [5.41, 5.74) is 1.25. The van der Waals surface area contributed by atoms with Gasteiger partial charge in [-0.05, 0) is 6.07 Å². The smallest absolute Gasteiger partial charge is 0.469 e. The molecule has 0 saturated heterocycles. The predicted molar refractivity (Wildman–Crippen MR) is 64.7 cm³/mol. The summed E-state index contributed by atoms with van der Waals surface area (Å²) < 4.78 is 10.5. The molecule has 0 aliphatic carbocycles. The molecule has 0 radical (unpaired) electrons. The van der Waals surface area contributed by atoms with Gasteiger partial charge < -0.3 is 9.47 Å². The quantitative estimate of drug-likeness (QED) is 0.417. The van der Waals surface area contributed by atoms with Gasteiger partial charge in [0.1, 0.15) is 5.75 Å². The number of ether oxygens (including phenoxy) is 2. The summed E-state index contributed by atoms with van der Waals surface area (Å²) >= 11 is 0. The van der Waals surface area contributed by atoms with Gasteiger partial charge in [0.05, 0.1) is 0 Å². The number of rotatable bonds is 4. The number of methoxy groups -OCH3 is 1. The fourth-order valence-corrected chi connectivity index (χ4v) is 1.84. The molecule has 84 valence electrons. The van der Waals surface area contributed by atoms with Crippen molar-refractivity contribution < 1.29 is 28.3 Å². The third-order valence-corrected chi connectivity index (χ3v) is 2.59. The zero-order chi connectivity index (χ0) is 11.4. The Kier molecular flexibility index (Phi) is 5.57. The summed E-state index contributed by atoms with van der Waals surface area (Å²) in [6.07, 6.45) is 0.973. The Morgan fingerprint density at radius 2 is 2.06 bits per heavy atom. The molecule has 0 unspecified atom stereocenters. The van der Waals surface area contributed by atoms with Gasteiger partial charge in [0.2, 0.25) is 0 Å². The Morgan fingerprint density at radius 1 is 1.24 bits per heavy atom. The molecule has 3 heteroatoms. The van der Waals surface area contributed by atoms with Crippen LogP contribution in [-0.4, -0.2) is 13.9 Å². The Labute approximate surface area is 114 Å². The molecule has 2 nitrogen and oxygen atoms in total. The second-order valence-electron chi connectivity index (χ2n) is 3.61. The summed E-state index contributed by atoms with van der Waals surface area (Å²) in [6.45, 7) is 2.41. The largest absolute Gasteiger partial charge is 1.00 e. The van der Waals surface area contributed by atoms with Crippen LogP contribution in [0, 0.1) is 6.07 Å². The van der Waals surface area contributed by atoms with E-state index in [0.717, 1.165) is 17.6 Å². The van der Waals surface area contributed by atoms with Crippen LogP contribution in [0.1, 0.15) is 12.5 Å². The SMILES string of the molecule is CCc1c[c-]cc2cccc(OCOC)c12.[Li+]. The van der Waals surface area contributed by atoms with Gasteiger partial charge in [-0.1, -0.05) is 24.8 Å². The minimum atomic E-state index is 0. The van der Waals surface area contributed by atoms with E-state index < -0.39 is 0 Å². The van der Waals surface area contributed by atoms with E-state index in [1.54, 1.807) is 7.11 Å². The fourth-order valence-electron chi connectivity index (χ4n) is 1.84. The first-order valence-electron chi connectivity index (χ1n) is 5.40. The number of aryl methyl sites for hydroxylation is 1. The second-order valence-corrected chi connectivity index (χ2v) is 3.61. The average molecular weight is 222 g/mol. The van der Waals surface area contributed by atoms with Crippen LogP contribution in [0.25, 0.3) is 10.8 Å². The summed E-state index contributed by atoms with van der Waals surface area (Å²) in [5, 5.41) is 2.33. The summed E-state index contributed by atoms with van der Waals surface area (Å²) in [7, 11) is 1.62. The molecule has 0 saturated carbocycles. The molecule has 0 amide bonds. The number of hydrogen-bond donors (Lipinski definition) is 0. The Hall–Kier alpha value is -0.943. The molecule has 0 aromatic heterocycles. The maximum atomic E-state index is 5.57. The van der Waals surface area contributed by atoms with E-state index in [1.165, 1.54) is 10.9 Å². The minimum absolute atomic E-state index is 0. The molecule has 0 spiro atoms. The van der Waals surface area contributed by atoms with Crippen molar-refractivity contribution in [2.24, 2.45) is 0 Å². The van der Waals surface area contributed by atoms with Crippen molar-refractivity contribution in [1.29, 1.82) is 0 Å². The van der Waals surface area contributed by atoms with Crippen LogP contribution in [0.3, 0.4) is 0 Å². The first kappa shape index (κ1) is 14.1. The van der Waals surface area contributed by atoms with Crippen LogP contribution in [-0.2, 0) is 11.2 Å². The molecule has 0 atom stereocenters. The predicted octanol–water partition coefficient (Wildman–Crippen LogP) is 0.189. The van der Waals surface area contributed by atoms with Gasteiger partial charge in [0.25, 0.3) is 0 Å². The van der Waals surface area contributed by atoms with Gasteiger partial charge in [-0.2, -0.15) is 18.2 Å². The van der Waals surface area contributed by atoms with E-state index in [4.69, 9.17) is 9.47 Å². The maximum absolute atomic E-state index is 5.57. The molecule has 0 heterocycles. The van der Waals surface area contributed by atoms with Gasteiger partial charge in [-0.25, -0.2) is 0 Å². The number of hydrogen-bond acceptors (Lipinski definition) is 2. The minimum Gasteiger partial charge on any atom is -0.469 e. The zero-order valence-electron chi connectivity index (χ0n) is 10.6. The maximum Gasteiger partial charge on any atom is 1.00 e. The number of fused-ring (bicyclic) bond motifs is 1. The molecular formula is C14H15LiO2. The van der Waals surface area contributed by atoms with Gasteiger partial charge in [0, 0.05) is 7.11 Å². The van der Waals surface area contributed by atoms with E-state index >= 15 is 0 Å². The Morgan fingerprint density at radius 3 is 2.76 bits per heavy atom. The molecule has 0 N–H and O–H groups in total. The van der Waals surface area contributed by atoms with Crippen LogP contribution in [0.2, 0.25) is 0 Å². The average Bonchev–Trinajstić information content (AvgIpc) is 2.35. The summed E-state index contributed by atoms with van der Waals surface area (Å²) in [6, 6.07) is 13.2. The Bertz CT molecular complexity index is 477. The molecule has 0 fully saturated rings. The van der Waals surface area contributed by atoms with E-state index in [1.807, 2.05) is 24.3 Å². The van der Waals surface area contributed by atoms with Crippen LogP contribution < -0.4 is 23.6 Å². The van der Waals surface area contributed by atoms with Gasteiger partial charge in [-0.15, -0.1) is 17.0 Å². The van der Waals surface area contributed by atoms with E-state index in [-0.39, 0.29) is 25.7 Å². The van der Waals surface area contributed by atoms with E-state index in [0.29, 0.717) is 0 Å². The summed E-state index contributed by atoms with van der Waals surface area (Å²) in [5.74, 6) is 0.880. The zero-order valence-corrected chi connectivity index (χ0v) is 10.6. The van der Waals surface area contributed by atoms with Crippen molar-refractivity contribution in [3.05, 3.63) is 42.0 Å². The van der Waals surface area contributed by atoms with Crippen molar-refractivity contribution in [3.63, 3.8) is 0 Å². The third-order valence-electron chi connectivity index (χ3n) is 2.59. The normalized spacial score (nSPS) is 10.0. The molecule has 2 aromatic rings. The van der Waals surface area contributed by atoms with Crippen LogP contribution in [0.4, 0.5) is 0 Å². The van der Waals surface area contributed by atoms with E-state index in [2.05, 4.69) is 19.1 Å². The van der Waals surface area contributed by atoms with Crippen molar-refractivity contribution in [2.75, 3.05) is 13.9 Å². The molecule has 2 rings (SSSR count). The van der Waals surface area contributed by atoms with Gasteiger partial charge in [0.15, 0.2) is 6.79 Å². The number of benzene rings is 2. The molecule has 0 aliphatic heterocycles. The standard InChI is InChI=1S/C14H15O2.Li/c1-3-11-6-4-7-12-8-5-9-13(14(11)12)16-10-15-2;/h5-9H,3,10H2,1-2H3;/q-1;+1. The monoisotopic (exact) mass is 222 g/mol. The van der Waals surface area contributed by atoms with Crippen molar-refractivity contribution >= 4 is 10.8 Å². The Balaban J connectivity index is 0.00000144. The molecule has 17 heavy (non-hydrogen) atoms. The second kappa shape index (κ2) is 6.71. The topological polar surface area (TPSA) is 18.5 Å². The van der Waals surface area contributed by atoms with Crippen molar-refractivity contribution in [1.82, 2.24) is 0 Å². The van der Waals surface area contributed by atoms with Gasteiger partial charge >= 0.3 is 18.9 Å². The molecule has 0 bridgehead atoms. The van der Waals surface area contributed by atoms with Crippen LogP contribution >= 0.6 is 0 Å². The van der Waals surface area contributed by atoms with Gasteiger partial charge in [-0.3, -0.25) is 0 Å². The first-order chi connectivity index (χ1) is 7.86. The van der Waals surface area contributed by atoms with Crippen molar-refractivity contribution in [2.45, 2.75) is 13.3 Å².